The highest BCUT2D eigenvalue weighted by molar-refractivity contribution is 6.38. The van der Waals surface area contributed by atoms with Gasteiger partial charge in [-0.1, -0.05) is 79.5 Å². The molecule has 4 aromatic rings. The van der Waals surface area contributed by atoms with Gasteiger partial charge in [0.25, 0.3) is 5.91 Å². The molecule has 37 heavy (non-hydrogen) atoms. The molecule has 0 fully saturated rings. The fraction of sp³-hybridized carbons (Fsp3) is 0.241. The standard InChI is InChI=1S/C29H26Cl3NO4/c1-2-3-4-5-8-15-36-27-22(31)16-19(17-23(27)32)29(35)33-25-21-9-6-7-10-24(21)37-28(25)26(34)18-11-13-20(30)14-12-18/h6-7,9-14,16-17H,2-5,8,15H2,1H3,(H,33,35). The van der Waals surface area contributed by atoms with Gasteiger partial charge < -0.3 is 14.5 Å². The molecule has 192 valence electrons. The maximum Gasteiger partial charge on any atom is 0.255 e. The second-order valence-corrected chi connectivity index (χ2v) is 9.88. The van der Waals surface area contributed by atoms with Crippen LogP contribution in [0, 0.1) is 0 Å². The van der Waals surface area contributed by atoms with Crippen LogP contribution in [-0.2, 0) is 0 Å². The molecule has 8 heteroatoms. The predicted octanol–water partition coefficient (Wildman–Crippen LogP) is 9.23. The summed E-state index contributed by atoms with van der Waals surface area (Å²) in [5.41, 5.74) is 1.33. The number of unbranched alkanes of at least 4 members (excludes halogenated alkanes) is 4. The average Bonchev–Trinajstić information content (AvgIpc) is 3.25. The van der Waals surface area contributed by atoms with Gasteiger partial charge in [0, 0.05) is 21.5 Å². The Labute approximate surface area is 230 Å². The van der Waals surface area contributed by atoms with Crippen molar-refractivity contribution in [2.45, 2.75) is 39.0 Å². The third-order valence-electron chi connectivity index (χ3n) is 5.90. The molecule has 0 saturated heterocycles. The number of halogens is 3. The summed E-state index contributed by atoms with van der Waals surface area (Å²) < 4.78 is 11.6. The first-order chi connectivity index (χ1) is 17.9. The number of benzene rings is 3. The van der Waals surface area contributed by atoms with E-state index in [-0.39, 0.29) is 32.8 Å². The van der Waals surface area contributed by atoms with Crippen molar-refractivity contribution in [3.8, 4) is 5.75 Å². The lowest BCUT2D eigenvalue weighted by Crippen LogP contribution is -2.14. The molecular formula is C29H26Cl3NO4. The number of hydrogen-bond donors (Lipinski definition) is 1. The van der Waals surface area contributed by atoms with Crippen molar-refractivity contribution in [2.75, 3.05) is 11.9 Å². The first-order valence-corrected chi connectivity index (χ1v) is 13.3. The number of ether oxygens (including phenoxy) is 1. The summed E-state index contributed by atoms with van der Waals surface area (Å²) in [4.78, 5) is 26.5. The quantitative estimate of drug-likeness (QED) is 0.147. The van der Waals surface area contributed by atoms with Crippen LogP contribution in [-0.4, -0.2) is 18.3 Å². The minimum atomic E-state index is -0.494. The van der Waals surface area contributed by atoms with Crippen LogP contribution in [0.25, 0.3) is 11.0 Å². The van der Waals surface area contributed by atoms with Gasteiger partial charge in [-0.3, -0.25) is 9.59 Å². The summed E-state index contributed by atoms with van der Waals surface area (Å²) in [5.74, 6) is -0.520. The monoisotopic (exact) mass is 557 g/mol. The number of ketones is 1. The topological polar surface area (TPSA) is 68.5 Å². The van der Waals surface area contributed by atoms with E-state index in [9.17, 15) is 9.59 Å². The van der Waals surface area contributed by atoms with Crippen molar-refractivity contribution in [1.29, 1.82) is 0 Å². The molecule has 0 aliphatic rings. The van der Waals surface area contributed by atoms with Gasteiger partial charge in [-0.25, -0.2) is 0 Å². The Bertz CT molecular complexity index is 1390. The Morgan fingerprint density at radius 2 is 1.54 bits per heavy atom. The van der Waals surface area contributed by atoms with E-state index in [0.717, 1.165) is 19.3 Å². The van der Waals surface area contributed by atoms with Gasteiger partial charge in [-0.05, 0) is 55.0 Å². The number of rotatable bonds is 11. The Morgan fingerprint density at radius 1 is 0.865 bits per heavy atom. The maximum absolute atomic E-state index is 13.3. The second-order valence-electron chi connectivity index (χ2n) is 8.62. The summed E-state index contributed by atoms with van der Waals surface area (Å²) in [7, 11) is 0. The average molecular weight is 559 g/mol. The number of anilines is 1. The summed E-state index contributed by atoms with van der Waals surface area (Å²) in [6.07, 6.45) is 5.50. The lowest BCUT2D eigenvalue weighted by molar-refractivity contribution is 0.101. The highest BCUT2D eigenvalue weighted by Crippen LogP contribution is 2.36. The fourth-order valence-electron chi connectivity index (χ4n) is 3.96. The molecular weight excluding hydrogens is 533 g/mol. The van der Waals surface area contributed by atoms with Crippen LogP contribution >= 0.6 is 34.8 Å². The normalized spacial score (nSPS) is 11.0. The predicted molar refractivity (Wildman–Crippen MR) is 150 cm³/mol. The first kappa shape index (κ1) is 27.1. The Balaban J connectivity index is 1.56. The molecule has 0 radical (unpaired) electrons. The molecule has 0 saturated carbocycles. The van der Waals surface area contributed by atoms with Gasteiger partial charge in [0.1, 0.15) is 5.58 Å². The van der Waals surface area contributed by atoms with Crippen LogP contribution in [0.5, 0.6) is 5.75 Å². The minimum Gasteiger partial charge on any atom is -0.490 e. The van der Waals surface area contributed by atoms with Gasteiger partial charge in [0.15, 0.2) is 11.5 Å². The number of fused-ring (bicyclic) bond motifs is 1. The van der Waals surface area contributed by atoms with Crippen LogP contribution < -0.4 is 10.1 Å². The van der Waals surface area contributed by atoms with E-state index < -0.39 is 5.91 Å². The SMILES string of the molecule is CCCCCCCOc1c(Cl)cc(C(=O)Nc2c(C(=O)c3ccc(Cl)cc3)oc3ccccc23)cc1Cl. The first-order valence-electron chi connectivity index (χ1n) is 12.1. The highest BCUT2D eigenvalue weighted by Gasteiger charge is 2.24. The molecule has 1 N–H and O–H groups in total. The van der Waals surface area contributed by atoms with Crippen LogP contribution in [0.15, 0.2) is 65.1 Å². The van der Waals surface area contributed by atoms with Crippen LogP contribution in [0.4, 0.5) is 5.69 Å². The number of hydrogen-bond acceptors (Lipinski definition) is 4. The van der Waals surface area contributed by atoms with Crippen molar-refractivity contribution in [2.24, 2.45) is 0 Å². The van der Waals surface area contributed by atoms with Gasteiger partial charge in [-0.15, -0.1) is 0 Å². The van der Waals surface area contributed by atoms with Gasteiger partial charge >= 0.3 is 0 Å². The van der Waals surface area contributed by atoms with Crippen molar-refractivity contribution >= 4 is 63.1 Å². The van der Waals surface area contributed by atoms with Gasteiger partial charge in [-0.2, -0.15) is 0 Å². The van der Waals surface area contributed by atoms with Crippen molar-refractivity contribution in [3.63, 3.8) is 0 Å². The van der Waals surface area contributed by atoms with Crippen LogP contribution in [0.2, 0.25) is 15.1 Å². The molecule has 0 bridgehead atoms. The van der Waals surface area contributed by atoms with E-state index >= 15 is 0 Å². The maximum atomic E-state index is 13.3. The van der Waals surface area contributed by atoms with Gasteiger partial charge in [0.2, 0.25) is 5.78 Å². The molecule has 1 aromatic heterocycles. The third-order valence-corrected chi connectivity index (χ3v) is 6.71. The molecule has 0 aliphatic heterocycles. The Kier molecular flexibility index (Phi) is 9.14. The largest absolute Gasteiger partial charge is 0.490 e. The summed E-state index contributed by atoms with van der Waals surface area (Å²) >= 11 is 18.8. The number of furan rings is 1. The zero-order valence-corrected chi connectivity index (χ0v) is 22.6. The zero-order valence-electron chi connectivity index (χ0n) is 20.3. The molecule has 4 rings (SSSR count). The van der Waals surface area contributed by atoms with E-state index in [1.165, 1.54) is 25.0 Å². The summed E-state index contributed by atoms with van der Waals surface area (Å²) in [5, 5.41) is 4.39. The Hall–Kier alpha value is -2.99. The zero-order chi connectivity index (χ0) is 26.4. The van der Waals surface area contributed by atoms with E-state index in [2.05, 4.69) is 12.2 Å². The second kappa shape index (κ2) is 12.5. The van der Waals surface area contributed by atoms with E-state index in [1.807, 2.05) is 0 Å². The molecule has 0 spiro atoms. The highest BCUT2D eigenvalue weighted by atomic mass is 35.5. The molecule has 0 aliphatic carbocycles. The molecule has 0 unspecified atom stereocenters. The smallest absolute Gasteiger partial charge is 0.255 e. The lowest BCUT2D eigenvalue weighted by atomic mass is 10.1. The van der Waals surface area contributed by atoms with Crippen LogP contribution in [0.3, 0.4) is 0 Å². The Morgan fingerprint density at radius 3 is 2.24 bits per heavy atom. The molecule has 1 amide bonds. The van der Waals surface area contributed by atoms with Crippen molar-refractivity contribution < 1.29 is 18.7 Å². The molecule has 3 aromatic carbocycles. The van der Waals surface area contributed by atoms with Crippen molar-refractivity contribution in [1.82, 2.24) is 0 Å². The minimum absolute atomic E-state index is 0.0112. The summed E-state index contributed by atoms with van der Waals surface area (Å²) in [6.45, 7) is 2.66. The van der Waals surface area contributed by atoms with Gasteiger partial charge in [0.05, 0.1) is 22.3 Å². The molecule has 0 atom stereocenters. The van der Waals surface area contributed by atoms with Crippen LogP contribution in [0.1, 0.15) is 65.5 Å². The van der Waals surface area contributed by atoms with E-state index in [1.54, 1.807) is 48.5 Å². The molecule has 5 nitrogen and oxygen atoms in total. The number of para-hydroxylation sites is 1. The lowest BCUT2D eigenvalue weighted by Gasteiger charge is -2.12. The molecule has 1 heterocycles. The number of nitrogens with one attached hydrogen (secondary N) is 1. The van der Waals surface area contributed by atoms with Crippen molar-refractivity contribution in [3.05, 3.63) is 92.6 Å². The van der Waals surface area contributed by atoms with E-state index in [0.29, 0.717) is 33.9 Å². The number of carbonyl (C=O) groups excluding carboxylic acids is 2. The number of carbonyl (C=O) groups is 2. The fourth-order valence-corrected chi connectivity index (χ4v) is 4.68. The van der Waals surface area contributed by atoms with E-state index in [4.69, 9.17) is 44.0 Å². The number of amides is 1. The summed E-state index contributed by atoms with van der Waals surface area (Å²) in [6, 6.07) is 16.5. The third kappa shape index (κ3) is 6.48.